The highest BCUT2D eigenvalue weighted by atomic mass is 16.5. The van der Waals surface area contributed by atoms with E-state index in [1.165, 1.54) is 0 Å². The highest BCUT2D eigenvalue weighted by Gasteiger charge is 2.03. The van der Waals surface area contributed by atoms with Gasteiger partial charge in [-0.15, -0.1) is 0 Å². The van der Waals surface area contributed by atoms with Crippen molar-refractivity contribution in [3.63, 3.8) is 0 Å². The molecule has 0 unspecified atom stereocenters. The van der Waals surface area contributed by atoms with Gasteiger partial charge in [0.2, 0.25) is 5.91 Å². The molecule has 0 bridgehead atoms. The molecular weight excluding hydrogens is 214 g/mol. The third-order valence-corrected chi connectivity index (χ3v) is 1.71. The van der Waals surface area contributed by atoms with Crippen molar-refractivity contribution in [2.75, 3.05) is 13.2 Å². The molecule has 0 aliphatic heterocycles. The average Bonchev–Trinajstić information content (AvgIpc) is 2.61. The van der Waals surface area contributed by atoms with Crippen molar-refractivity contribution in [2.24, 2.45) is 0 Å². The standard InChI is InChI=1S/C10H13NO5/c1-7-2-3-8(16-7)4-11-9(12)5-15-6-10(13)14/h2-3H,4-6H2,1H3,(H,11,12)(H,13,14)/p-1. The molecule has 0 aliphatic rings. The monoisotopic (exact) mass is 226 g/mol. The summed E-state index contributed by atoms with van der Waals surface area (Å²) >= 11 is 0. The number of carboxylic acids is 1. The Labute approximate surface area is 92.2 Å². The van der Waals surface area contributed by atoms with Crippen LogP contribution in [0.3, 0.4) is 0 Å². The Kier molecular flexibility index (Phi) is 4.53. The molecule has 0 saturated heterocycles. The average molecular weight is 226 g/mol. The van der Waals surface area contributed by atoms with Crippen LogP contribution in [0.2, 0.25) is 0 Å². The SMILES string of the molecule is Cc1ccc(CNC(=O)COCC(=O)[O-])o1. The van der Waals surface area contributed by atoms with Crippen molar-refractivity contribution in [1.82, 2.24) is 5.32 Å². The number of aryl methyl sites for hydroxylation is 1. The number of carbonyl (C=O) groups excluding carboxylic acids is 2. The zero-order valence-corrected chi connectivity index (χ0v) is 8.82. The molecule has 1 N–H and O–H groups in total. The molecule has 0 fully saturated rings. The first-order chi connectivity index (χ1) is 7.58. The molecule has 0 atom stereocenters. The maximum absolute atomic E-state index is 11.1. The Balaban J connectivity index is 2.17. The van der Waals surface area contributed by atoms with E-state index in [-0.39, 0.29) is 13.2 Å². The molecule has 1 aromatic rings. The van der Waals surface area contributed by atoms with Crippen molar-refractivity contribution < 1.29 is 23.8 Å². The Morgan fingerprint density at radius 1 is 1.44 bits per heavy atom. The third kappa shape index (κ3) is 4.61. The van der Waals surface area contributed by atoms with Crippen LogP contribution in [0, 0.1) is 6.92 Å². The van der Waals surface area contributed by atoms with Crippen LogP contribution < -0.4 is 10.4 Å². The molecule has 1 aromatic heterocycles. The molecule has 1 amide bonds. The van der Waals surface area contributed by atoms with Crippen molar-refractivity contribution in [2.45, 2.75) is 13.5 Å². The number of ether oxygens (including phenoxy) is 1. The number of aliphatic carboxylic acids is 1. The van der Waals surface area contributed by atoms with Gasteiger partial charge in [0.25, 0.3) is 0 Å². The molecule has 0 aliphatic carbocycles. The molecule has 0 aromatic carbocycles. The maximum Gasteiger partial charge on any atom is 0.246 e. The largest absolute Gasteiger partial charge is 0.548 e. The summed E-state index contributed by atoms with van der Waals surface area (Å²) in [4.78, 5) is 21.1. The van der Waals surface area contributed by atoms with Gasteiger partial charge in [-0.05, 0) is 19.1 Å². The minimum atomic E-state index is -1.35. The third-order valence-electron chi connectivity index (χ3n) is 1.71. The summed E-state index contributed by atoms with van der Waals surface area (Å²) in [5, 5.41) is 12.5. The first-order valence-corrected chi connectivity index (χ1v) is 4.67. The number of carboxylic acid groups (broad SMARTS) is 1. The van der Waals surface area contributed by atoms with Crippen LogP contribution in [0.5, 0.6) is 0 Å². The molecule has 16 heavy (non-hydrogen) atoms. The van der Waals surface area contributed by atoms with E-state index < -0.39 is 18.5 Å². The Hall–Kier alpha value is -1.82. The van der Waals surface area contributed by atoms with E-state index in [2.05, 4.69) is 10.1 Å². The second-order valence-corrected chi connectivity index (χ2v) is 3.15. The predicted molar refractivity (Wildman–Crippen MR) is 51.1 cm³/mol. The van der Waals surface area contributed by atoms with Gasteiger partial charge in [0.15, 0.2) is 0 Å². The number of hydrogen-bond donors (Lipinski definition) is 1. The van der Waals surface area contributed by atoms with Gasteiger partial charge in [-0.1, -0.05) is 0 Å². The lowest BCUT2D eigenvalue weighted by Gasteiger charge is -2.05. The fourth-order valence-electron chi connectivity index (χ4n) is 1.04. The number of amides is 1. The smallest absolute Gasteiger partial charge is 0.246 e. The van der Waals surface area contributed by atoms with Crippen LogP contribution in [-0.4, -0.2) is 25.1 Å². The molecule has 6 nitrogen and oxygen atoms in total. The topological polar surface area (TPSA) is 91.6 Å². The second-order valence-electron chi connectivity index (χ2n) is 3.15. The van der Waals surface area contributed by atoms with Gasteiger partial charge >= 0.3 is 0 Å². The van der Waals surface area contributed by atoms with E-state index in [1.54, 1.807) is 19.1 Å². The van der Waals surface area contributed by atoms with Crippen LogP contribution in [0.15, 0.2) is 16.5 Å². The van der Waals surface area contributed by atoms with Crippen LogP contribution in [0.4, 0.5) is 0 Å². The number of furan rings is 1. The highest BCUT2D eigenvalue weighted by molar-refractivity contribution is 5.77. The molecule has 1 heterocycles. The lowest BCUT2D eigenvalue weighted by molar-refractivity contribution is -0.309. The van der Waals surface area contributed by atoms with Crippen molar-refractivity contribution in [3.8, 4) is 0 Å². The Morgan fingerprint density at radius 2 is 2.19 bits per heavy atom. The van der Waals surface area contributed by atoms with E-state index in [9.17, 15) is 14.7 Å². The number of hydrogen-bond acceptors (Lipinski definition) is 5. The van der Waals surface area contributed by atoms with E-state index in [0.29, 0.717) is 5.76 Å². The Morgan fingerprint density at radius 3 is 2.75 bits per heavy atom. The van der Waals surface area contributed by atoms with Gasteiger partial charge in [0.1, 0.15) is 18.1 Å². The summed E-state index contributed by atoms with van der Waals surface area (Å²) in [5.41, 5.74) is 0. The van der Waals surface area contributed by atoms with Gasteiger partial charge in [-0.3, -0.25) is 4.79 Å². The minimum absolute atomic E-state index is 0.251. The molecular formula is C10H12NO5-. The predicted octanol–water partition coefficient (Wildman–Crippen LogP) is -1.03. The normalized spacial score (nSPS) is 10.1. The van der Waals surface area contributed by atoms with E-state index in [0.717, 1.165) is 5.76 Å². The fourth-order valence-corrected chi connectivity index (χ4v) is 1.04. The van der Waals surface area contributed by atoms with E-state index in [1.807, 2.05) is 0 Å². The minimum Gasteiger partial charge on any atom is -0.548 e. The van der Waals surface area contributed by atoms with Gasteiger partial charge in [-0.25, -0.2) is 0 Å². The van der Waals surface area contributed by atoms with Crippen molar-refractivity contribution >= 4 is 11.9 Å². The number of rotatable bonds is 6. The number of carbonyl (C=O) groups is 2. The Bertz CT molecular complexity index is 371. The molecule has 1 rings (SSSR count). The fraction of sp³-hybridized carbons (Fsp3) is 0.400. The quantitative estimate of drug-likeness (QED) is 0.669. The second kappa shape index (κ2) is 5.92. The molecule has 0 radical (unpaired) electrons. The van der Waals surface area contributed by atoms with Gasteiger partial charge in [0.05, 0.1) is 19.1 Å². The van der Waals surface area contributed by atoms with Gasteiger partial charge < -0.3 is 24.4 Å². The summed E-state index contributed by atoms with van der Waals surface area (Å²) in [5.74, 6) is -0.368. The number of nitrogens with one attached hydrogen (secondary N) is 1. The molecule has 0 saturated carbocycles. The highest BCUT2D eigenvalue weighted by Crippen LogP contribution is 2.05. The van der Waals surface area contributed by atoms with Crippen LogP contribution in [-0.2, 0) is 20.9 Å². The van der Waals surface area contributed by atoms with Crippen molar-refractivity contribution in [1.29, 1.82) is 0 Å². The maximum atomic E-state index is 11.1. The van der Waals surface area contributed by atoms with Crippen LogP contribution in [0.1, 0.15) is 11.5 Å². The summed E-state index contributed by atoms with van der Waals surface area (Å²) in [7, 11) is 0. The first kappa shape index (κ1) is 12.3. The van der Waals surface area contributed by atoms with Crippen LogP contribution >= 0.6 is 0 Å². The summed E-state index contributed by atoms with van der Waals surface area (Å²) < 4.78 is 9.76. The summed E-state index contributed by atoms with van der Waals surface area (Å²) in [6.07, 6.45) is 0. The lowest BCUT2D eigenvalue weighted by atomic mass is 10.4. The van der Waals surface area contributed by atoms with Gasteiger partial charge in [-0.2, -0.15) is 0 Å². The zero-order chi connectivity index (χ0) is 12.0. The zero-order valence-electron chi connectivity index (χ0n) is 8.82. The van der Waals surface area contributed by atoms with E-state index >= 15 is 0 Å². The van der Waals surface area contributed by atoms with Crippen LogP contribution in [0.25, 0.3) is 0 Å². The van der Waals surface area contributed by atoms with E-state index in [4.69, 9.17) is 4.42 Å². The summed E-state index contributed by atoms with van der Waals surface area (Å²) in [6, 6.07) is 3.53. The summed E-state index contributed by atoms with van der Waals surface area (Å²) in [6.45, 7) is 1.15. The lowest BCUT2D eigenvalue weighted by Crippen LogP contribution is -2.32. The molecule has 0 spiro atoms. The molecule has 88 valence electrons. The first-order valence-electron chi connectivity index (χ1n) is 4.67. The van der Waals surface area contributed by atoms with Gasteiger partial charge in [0, 0.05) is 0 Å². The molecule has 6 heteroatoms. The van der Waals surface area contributed by atoms with Crippen molar-refractivity contribution in [3.05, 3.63) is 23.7 Å².